The molecule has 0 bridgehead atoms. The van der Waals surface area contributed by atoms with E-state index in [1.54, 1.807) is 47.0 Å². The second-order valence-corrected chi connectivity index (χ2v) is 10.9. The van der Waals surface area contributed by atoms with Crippen LogP contribution in [-0.2, 0) is 22.3 Å². The van der Waals surface area contributed by atoms with Gasteiger partial charge in [0, 0.05) is 20.6 Å². The smallest absolute Gasteiger partial charge is 0.242 e. The summed E-state index contributed by atoms with van der Waals surface area (Å²) in [4.78, 5) is 4.92. The van der Waals surface area contributed by atoms with Crippen LogP contribution in [-0.4, -0.2) is 52.8 Å². The molecule has 0 radical (unpaired) electrons. The first-order valence-electron chi connectivity index (χ1n) is 7.78. The molecule has 0 fully saturated rings. The number of rotatable bonds is 7. The highest BCUT2D eigenvalue weighted by Gasteiger charge is 2.19. The first kappa shape index (κ1) is 19.6. The molecule has 0 saturated heterocycles. The van der Waals surface area contributed by atoms with Crippen LogP contribution >= 0.6 is 34.9 Å². The summed E-state index contributed by atoms with van der Waals surface area (Å²) >= 11 is 4.73. The predicted octanol–water partition coefficient (Wildman–Crippen LogP) is 3.17. The Kier molecular flexibility index (Phi) is 5.92. The van der Waals surface area contributed by atoms with Gasteiger partial charge in [0.25, 0.3) is 0 Å². The first-order valence-corrected chi connectivity index (χ1v) is 12.3. The third kappa shape index (κ3) is 3.77. The van der Waals surface area contributed by atoms with Gasteiger partial charge in [0.15, 0.2) is 8.68 Å². The van der Waals surface area contributed by atoms with Crippen LogP contribution in [0.3, 0.4) is 0 Å². The summed E-state index contributed by atoms with van der Waals surface area (Å²) in [5.74, 6) is 1.55. The Labute approximate surface area is 165 Å². The van der Waals surface area contributed by atoms with Crippen molar-refractivity contribution in [1.29, 1.82) is 0 Å². The Bertz CT molecular complexity index is 1030. The summed E-state index contributed by atoms with van der Waals surface area (Å²) in [6, 6.07) is 5.10. The van der Waals surface area contributed by atoms with Gasteiger partial charge in [-0.3, -0.25) is 0 Å². The molecule has 0 spiro atoms. The van der Waals surface area contributed by atoms with Crippen LogP contribution in [0.4, 0.5) is 0 Å². The lowest BCUT2D eigenvalue weighted by molar-refractivity contribution is 0.521. The number of imidazole rings is 1. The fraction of sp³-hybridized carbons (Fsp3) is 0.400. The van der Waals surface area contributed by atoms with Gasteiger partial charge >= 0.3 is 0 Å². The number of hydrogen-bond donors (Lipinski definition) is 0. The molecule has 0 amide bonds. The predicted molar refractivity (Wildman–Crippen MR) is 108 cm³/mol. The summed E-state index contributed by atoms with van der Waals surface area (Å²) < 4.78 is 29.9. The molecule has 0 aliphatic rings. The minimum atomic E-state index is -3.47. The maximum Gasteiger partial charge on any atom is 0.242 e. The Hall–Kier alpha value is -1.14. The molecule has 2 heterocycles. The van der Waals surface area contributed by atoms with Crippen molar-refractivity contribution in [1.82, 2.24) is 24.1 Å². The highest BCUT2D eigenvalue weighted by atomic mass is 32.2. The third-order valence-corrected chi connectivity index (χ3v) is 8.62. The van der Waals surface area contributed by atoms with Gasteiger partial charge in [0.1, 0.15) is 5.82 Å². The number of thioether (sulfide) groups is 2. The molecule has 7 nitrogen and oxygen atoms in total. The summed E-state index contributed by atoms with van der Waals surface area (Å²) in [5, 5.41) is 8.27. The van der Waals surface area contributed by atoms with Crippen molar-refractivity contribution in [2.75, 3.05) is 20.4 Å². The molecule has 0 unspecified atom stereocenters. The van der Waals surface area contributed by atoms with Crippen molar-refractivity contribution in [2.24, 2.45) is 0 Å². The fourth-order valence-electron chi connectivity index (χ4n) is 2.46. The lowest BCUT2D eigenvalue weighted by Crippen LogP contribution is -2.22. The summed E-state index contributed by atoms with van der Waals surface area (Å²) in [6.07, 6.45) is 1.98. The van der Waals surface area contributed by atoms with E-state index in [-0.39, 0.29) is 4.90 Å². The number of sulfonamides is 1. The molecule has 26 heavy (non-hydrogen) atoms. The molecule has 1 aromatic carbocycles. The number of nitrogens with zero attached hydrogens (tertiary/aromatic N) is 5. The molecule has 3 rings (SSSR count). The van der Waals surface area contributed by atoms with E-state index in [1.165, 1.54) is 18.4 Å². The quantitative estimate of drug-likeness (QED) is 0.534. The molecular weight excluding hydrogens is 410 g/mol. The van der Waals surface area contributed by atoms with Crippen molar-refractivity contribution in [3.05, 3.63) is 24.0 Å². The van der Waals surface area contributed by atoms with Crippen LogP contribution in [0.2, 0.25) is 0 Å². The number of benzene rings is 1. The van der Waals surface area contributed by atoms with Crippen molar-refractivity contribution in [3.63, 3.8) is 0 Å². The van der Waals surface area contributed by atoms with Gasteiger partial charge in [-0.05, 0) is 31.4 Å². The minimum Gasteiger partial charge on any atom is -0.328 e. The summed E-state index contributed by atoms with van der Waals surface area (Å²) in [6.45, 7) is 2.81. The van der Waals surface area contributed by atoms with Crippen LogP contribution in [0.15, 0.2) is 31.8 Å². The van der Waals surface area contributed by atoms with Gasteiger partial charge in [-0.2, -0.15) is 0 Å². The van der Waals surface area contributed by atoms with Crippen LogP contribution in [0.5, 0.6) is 0 Å². The maximum absolute atomic E-state index is 12.3. The van der Waals surface area contributed by atoms with Crippen molar-refractivity contribution in [2.45, 2.75) is 32.8 Å². The number of fused-ring (bicyclic) bond motifs is 1. The SMILES string of the molecule is CCn1c(CSc2nnc(SC)s2)nc2cc(S(=O)(=O)N(C)C)ccc21. The maximum atomic E-state index is 12.3. The molecule has 11 heteroatoms. The number of aromatic nitrogens is 4. The largest absolute Gasteiger partial charge is 0.328 e. The Morgan fingerprint density at radius 2 is 1.96 bits per heavy atom. The standard InChI is InChI=1S/C15H19N5O2S4/c1-5-20-12-7-6-10(26(21,22)19(2)3)8-11(12)16-13(20)9-24-15-18-17-14(23-4)25-15/h6-8H,5,9H2,1-4H3. The zero-order chi connectivity index (χ0) is 18.9. The van der Waals surface area contributed by atoms with Gasteiger partial charge in [-0.15, -0.1) is 10.2 Å². The Morgan fingerprint density at radius 3 is 2.58 bits per heavy atom. The minimum absolute atomic E-state index is 0.253. The van der Waals surface area contributed by atoms with E-state index >= 15 is 0 Å². The van der Waals surface area contributed by atoms with Crippen molar-refractivity contribution in [3.8, 4) is 0 Å². The molecule has 2 aromatic heterocycles. The van der Waals surface area contributed by atoms with Gasteiger partial charge in [-0.1, -0.05) is 34.9 Å². The topological polar surface area (TPSA) is 81.0 Å². The van der Waals surface area contributed by atoms with Gasteiger partial charge in [0.2, 0.25) is 10.0 Å². The van der Waals surface area contributed by atoms with Crippen molar-refractivity contribution < 1.29 is 8.42 Å². The Morgan fingerprint density at radius 1 is 1.23 bits per heavy atom. The second-order valence-electron chi connectivity index (χ2n) is 5.54. The van der Waals surface area contributed by atoms with Gasteiger partial charge < -0.3 is 4.57 Å². The molecule has 0 aliphatic carbocycles. The van der Waals surface area contributed by atoms with E-state index < -0.39 is 10.0 Å². The first-order chi connectivity index (χ1) is 12.4. The number of aryl methyl sites for hydroxylation is 1. The highest BCUT2D eigenvalue weighted by molar-refractivity contribution is 8.02. The molecular formula is C15H19N5O2S4. The van der Waals surface area contributed by atoms with E-state index in [2.05, 4.69) is 26.7 Å². The summed E-state index contributed by atoms with van der Waals surface area (Å²) in [5.41, 5.74) is 1.62. The fourth-order valence-corrected chi connectivity index (χ4v) is 5.76. The lowest BCUT2D eigenvalue weighted by atomic mass is 10.3. The van der Waals surface area contributed by atoms with Crippen LogP contribution < -0.4 is 0 Å². The zero-order valence-corrected chi connectivity index (χ0v) is 18.1. The monoisotopic (exact) mass is 429 g/mol. The van der Waals surface area contributed by atoms with E-state index in [0.29, 0.717) is 11.3 Å². The average Bonchev–Trinajstić information content (AvgIpc) is 3.22. The van der Waals surface area contributed by atoms with E-state index in [1.807, 2.05) is 12.3 Å². The second kappa shape index (κ2) is 7.85. The van der Waals surface area contributed by atoms with Crippen LogP contribution in [0.1, 0.15) is 12.7 Å². The number of hydrogen-bond acceptors (Lipinski definition) is 8. The van der Waals surface area contributed by atoms with Gasteiger partial charge in [0.05, 0.1) is 21.7 Å². The molecule has 3 aromatic rings. The highest BCUT2D eigenvalue weighted by Crippen LogP contribution is 2.30. The molecule has 0 saturated carbocycles. The van der Waals surface area contributed by atoms with E-state index in [4.69, 9.17) is 0 Å². The molecule has 0 N–H and O–H groups in total. The zero-order valence-electron chi connectivity index (χ0n) is 14.8. The van der Waals surface area contributed by atoms with E-state index in [9.17, 15) is 8.42 Å². The molecule has 0 atom stereocenters. The Balaban J connectivity index is 1.93. The molecule has 0 aliphatic heterocycles. The van der Waals surface area contributed by atoms with E-state index in [0.717, 1.165) is 26.6 Å². The van der Waals surface area contributed by atoms with Gasteiger partial charge in [-0.25, -0.2) is 17.7 Å². The molecule has 140 valence electrons. The van der Waals surface area contributed by atoms with Crippen molar-refractivity contribution >= 4 is 55.9 Å². The third-order valence-electron chi connectivity index (χ3n) is 3.78. The van der Waals surface area contributed by atoms with Crippen LogP contribution in [0.25, 0.3) is 11.0 Å². The summed E-state index contributed by atoms with van der Waals surface area (Å²) in [7, 11) is -0.424. The normalized spacial score (nSPS) is 12.3. The average molecular weight is 430 g/mol. The lowest BCUT2D eigenvalue weighted by Gasteiger charge is -2.11. The van der Waals surface area contributed by atoms with Crippen LogP contribution in [0, 0.1) is 0 Å².